The van der Waals surface area contributed by atoms with Crippen molar-refractivity contribution in [2.45, 2.75) is 65.8 Å². The lowest BCUT2D eigenvalue weighted by molar-refractivity contribution is -0.150. The zero-order chi connectivity index (χ0) is 27.4. The standard InChI is InChI=1S/C29H40N4O5/c1-18(2)17-38-29(36)26(20(4)34)30-14-22-6-7-25-24(13-22)31-27(23-12-19(3)28(35)32(5)16-23)33(25)15-21-8-10-37-11-9-21/h6-7,12-13,16,18,20-21,26,30,34H,8-11,14-15,17H2,1-5H3/t20-,26?/m1/s1. The minimum atomic E-state index is -0.892. The number of esters is 1. The molecule has 1 aliphatic heterocycles. The van der Waals surface area contributed by atoms with Crippen LogP contribution in [-0.2, 0) is 34.4 Å². The second kappa shape index (κ2) is 12.2. The fraction of sp³-hybridized carbons (Fsp3) is 0.552. The van der Waals surface area contributed by atoms with Gasteiger partial charge in [0.05, 0.1) is 23.7 Å². The highest BCUT2D eigenvalue weighted by molar-refractivity contribution is 5.81. The average Bonchev–Trinajstić information content (AvgIpc) is 3.23. The Morgan fingerprint density at radius 2 is 1.97 bits per heavy atom. The van der Waals surface area contributed by atoms with Crippen molar-refractivity contribution in [1.82, 2.24) is 19.4 Å². The van der Waals surface area contributed by atoms with Crippen molar-refractivity contribution in [3.05, 3.63) is 51.9 Å². The molecule has 0 amide bonds. The third kappa shape index (κ3) is 6.51. The summed E-state index contributed by atoms with van der Waals surface area (Å²) in [5.74, 6) is 1.08. The predicted molar refractivity (Wildman–Crippen MR) is 147 cm³/mol. The monoisotopic (exact) mass is 524 g/mol. The number of pyridine rings is 1. The van der Waals surface area contributed by atoms with Gasteiger partial charge in [-0.3, -0.25) is 14.9 Å². The Kier molecular flexibility index (Phi) is 9.02. The zero-order valence-corrected chi connectivity index (χ0v) is 23.1. The number of aliphatic hydroxyl groups excluding tert-OH is 1. The molecule has 1 aliphatic rings. The summed E-state index contributed by atoms with van der Waals surface area (Å²) >= 11 is 0. The lowest BCUT2D eigenvalue weighted by Gasteiger charge is -2.23. The maximum Gasteiger partial charge on any atom is 0.325 e. The number of hydrogen-bond donors (Lipinski definition) is 2. The number of carbonyl (C=O) groups is 1. The van der Waals surface area contributed by atoms with Gasteiger partial charge in [0.1, 0.15) is 11.9 Å². The van der Waals surface area contributed by atoms with E-state index >= 15 is 0 Å². The van der Waals surface area contributed by atoms with Gasteiger partial charge in [0, 0.05) is 50.7 Å². The average molecular weight is 525 g/mol. The number of ether oxygens (including phenoxy) is 2. The molecule has 206 valence electrons. The van der Waals surface area contributed by atoms with E-state index in [1.807, 2.05) is 45.2 Å². The van der Waals surface area contributed by atoms with Crippen LogP contribution in [0.3, 0.4) is 0 Å². The summed E-state index contributed by atoms with van der Waals surface area (Å²) in [5, 5.41) is 13.3. The van der Waals surface area contributed by atoms with Crippen LogP contribution in [0.2, 0.25) is 0 Å². The van der Waals surface area contributed by atoms with Crippen LogP contribution >= 0.6 is 0 Å². The van der Waals surface area contributed by atoms with Crippen LogP contribution in [-0.4, -0.2) is 57.2 Å². The van der Waals surface area contributed by atoms with E-state index in [9.17, 15) is 14.7 Å². The first-order valence-electron chi connectivity index (χ1n) is 13.5. The van der Waals surface area contributed by atoms with Gasteiger partial charge in [-0.1, -0.05) is 19.9 Å². The van der Waals surface area contributed by atoms with Gasteiger partial charge in [0.2, 0.25) is 0 Å². The van der Waals surface area contributed by atoms with E-state index in [0.29, 0.717) is 24.6 Å². The number of imidazole rings is 1. The quantitative estimate of drug-likeness (QED) is 0.392. The number of aliphatic hydroxyl groups is 1. The van der Waals surface area contributed by atoms with Gasteiger partial charge in [0.15, 0.2) is 0 Å². The van der Waals surface area contributed by atoms with Crippen LogP contribution in [0.25, 0.3) is 22.4 Å². The third-order valence-corrected chi connectivity index (χ3v) is 7.04. The molecule has 0 spiro atoms. The van der Waals surface area contributed by atoms with E-state index in [-0.39, 0.29) is 11.5 Å². The van der Waals surface area contributed by atoms with Crippen molar-refractivity contribution in [1.29, 1.82) is 0 Å². The van der Waals surface area contributed by atoms with Crippen molar-refractivity contribution < 1.29 is 19.4 Å². The molecule has 1 fully saturated rings. The first kappa shape index (κ1) is 28.0. The van der Waals surface area contributed by atoms with E-state index in [2.05, 4.69) is 16.0 Å². The summed E-state index contributed by atoms with van der Waals surface area (Å²) in [6.07, 6.45) is 2.95. The second-order valence-electron chi connectivity index (χ2n) is 10.9. The molecular weight excluding hydrogens is 484 g/mol. The number of benzene rings is 1. The lowest BCUT2D eigenvalue weighted by Crippen LogP contribution is -2.45. The predicted octanol–water partition coefficient (Wildman–Crippen LogP) is 3.18. The van der Waals surface area contributed by atoms with Crippen molar-refractivity contribution in [2.75, 3.05) is 19.8 Å². The molecule has 0 saturated carbocycles. The van der Waals surface area contributed by atoms with E-state index in [1.165, 1.54) is 0 Å². The van der Waals surface area contributed by atoms with Gasteiger partial charge in [-0.2, -0.15) is 0 Å². The lowest BCUT2D eigenvalue weighted by atomic mass is 10.00. The molecule has 2 aromatic heterocycles. The molecule has 3 aromatic rings. The van der Waals surface area contributed by atoms with Gasteiger partial charge in [-0.25, -0.2) is 4.98 Å². The fourth-order valence-corrected chi connectivity index (χ4v) is 4.89. The van der Waals surface area contributed by atoms with Crippen molar-refractivity contribution in [3.63, 3.8) is 0 Å². The SMILES string of the molecule is Cc1cc(-c2nc3cc(CNC(C(=O)OCC(C)C)[C@@H](C)O)ccc3n2CC2CCOCC2)cn(C)c1=O. The normalized spacial score (nSPS) is 16.2. The Labute approximate surface area is 223 Å². The zero-order valence-electron chi connectivity index (χ0n) is 23.1. The number of nitrogens with zero attached hydrogens (tertiary/aromatic N) is 3. The van der Waals surface area contributed by atoms with Gasteiger partial charge in [-0.15, -0.1) is 0 Å². The number of aromatic nitrogens is 3. The van der Waals surface area contributed by atoms with Gasteiger partial charge < -0.3 is 23.7 Å². The Morgan fingerprint density at radius 3 is 2.63 bits per heavy atom. The molecule has 0 bridgehead atoms. The minimum absolute atomic E-state index is 0.0196. The van der Waals surface area contributed by atoms with Crippen LogP contribution in [0.15, 0.2) is 35.3 Å². The molecule has 0 aliphatic carbocycles. The Morgan fingerprint density at radius 1 is 1.24 bits per heavy atom. The molecule has 4 rings (SSSR count). The number of rotatable bonds is 10. The molecule has 1 saturated heterocycles. The first-order chi connectivity index (χ1) is 18.1. The van der Waals surface area contributed by atoms with Gasteiger partial charge in [0.25, 0.3) is 5.56 Å². The molecule has 2 N–H and O–H groups in total. The summed E-state index contributed by atoms with van der Waals surface area (Å²) in [6.45, 7) is 10.4. The summed E-state index contributed by atoms with van der Waals surface area (Å²) in [7, 11) is 1.76. The van der Waals surface area contributed by atoms with Crippen molar-refractivity contribution in [2.24, 2.45) is 18.9 Å². The van der Waals surface area contributed by atoms with E-state index in [1.54, 1.807) is 18.5 Å². The summed E-state index contributed by atoms with van der Waals surface area (Å²) in [5.41, 5.74) is 4.36. The molecule has 0 radical (unpaired) electrons. The molecule has 1 aromatic carbocycles. The number of hydrogen-bond acceptors (Lipinski definition) is 7. The van der Waals surface area contributed by atoms with Crippen LogP contribution < -0.4 is 10.9 Å². The smallest absolute Gasteiger partial charge is 0.325 e. The van der Waals surface area contributed by atoms with Crippen LogP contribution in [0.4, 0.5) is 0 Å². The molecule has 3 heterocycles. The van der Waals surface area contributed by atoms with Crippen LogP contribution in [0.5, 0.6) is 0 Å². The fourth-order valence-electron chi connectivity index (χ4n) is 4.89. The molecule has 2 atom stereocenters. The van der Waals surface area contributed by atoms with Crippen LogP contribution in [0.1, 0.15) is 44.7 Å². The van der Waals surface area contributed by atoms with Gasteiger partial charge in [-0.05, 0) is 62.3 Å². The highest BCUT2D eigenvalue weighted by atomic mass is 16.5. The Hall–Kier alpha value is -3.01. The molecule has 9 nitrogen and oxygen atoms in total. The molecule has 1 unspecified atom stereocenters. The maximum absolute atomic E-state index is 12.5. The Balaban J connectivity index is 1.64. The van der Waals surface area contributed by atoms with Gasteiger partial charge >= 0.3 is 5.97 Å². The number of carbonyl (C=O) groups excluding carboxylic acids is 1. The molecule has 9 heteroatoms. The largest absolute Gasteiger partial charge is 0.464 e. The van der Waals surface area contributed by atoms with E-state index in [4.69, 9.17) is 14.5 Å². The minimum Gasteiger partial charge on any atom is -0.464 e. The maximum atomic E-state index is 12.5. The summed E-state index contributed by atoms with van der Waals surface area (Å²) in [6, 6.07) is 7.18. The number of nitrogens with one attached hydrogen (secondary N) is 1. The van der Waals surface area contributed by atoms with E-state index in [0.717, 1.165) is 60.6 Å². The third-order valence-electron chi connectivity index (χ3n) is 7.04. The number of fused-ring (bicyclic) bond motifs is 1. The molecule has 38 heavy (non-hydrogen) atoms. The summed E-state index contributed by atoms with van der Waals surface area (Å²) < 4.78 is 14.8. The van der Waals surface area contributed by atoms with Crippen molar-refractivity contribution >= 4 is 17.0 Å². The Bertz CT molecular complexity index is 1290. The number of aryl methyl sites for hydroxylation is 2. The highest BCUT2D eigenvalue weighted by Gasteiger charge is 2.25. The second-order valence-corrected chi connectivity index (χ2v) is 10.9. The van der Waals surface area contributed by atoms with Crippen LogP contribution in [0, 0.1) is 18.8 Å². The first-order valence-corrected chi connectivity index (χ1v) is 13.5. The summed E-state index contributed by atoms with van der Waals surface area (Å²) in [4.78, 5) is 29.8. The van der Waals surface area contributed by atoms with Crippen molar-refractivity contribution in [3.8, 4) is 11.4 Å². The highest BCUT2D eigenvalue weighted by Crippen LogP contribution is 2.29. The topological polar surface area (TPSA) is 108 Å². The van der Waals surface area contributed by atoms with E-state index < -0.39 is 18.1 Å². The molecular formula is C29H40N4O5.